The second-order valence-corrected chi connectivity index (χ2v) is 9.19. The van der Waals surface area contributed by atoms with E-state index < -0.39 is 41.7 Å². The molecule has 3 N–H and O–H groups in total. The van der Waals surface area contributed by atoms with Crippen LogP contribution < -0.4 is 15.8 Å². The number of rotatable bonds is 9. The number of hydrogen-bond donors (Lipinski definition) is 3. The van der Waals surface area contributed by atoms with E-state index in [4.69, 9.17) is 34.7 Å². The van der Waals surface area contributed by atoms with Crippen LogP contribution >= 0.6 is 0 Å². The van der Waals surface area contributed by atoms with Crippen LogP contribution in [0.1, 0.15) is 38.3 Å². The number of amides is 1. The van der Waals surface area contributed by atoms with Gasteiger partial charge in [-0.25, -0.2) is 9.59 Å². The van der Waals surface area contributed by atoms with Crippen molar-refractivity contribution in [3.63, 3.8) is 0 Å². The van der Waals surface area contributed by atoms with Crippen molar-refractivity contribution in [2.24, 2.45) is 11.1 Å². The third kappa shape index (κ3) is 6.01. The molecule has 0 bridgehead atoms. The van der Waals surface area contributed by atoms with Gasteiger partial charge >= 0.3 is 11.7 Å². The van der Waals surface area contributed by atoms with Gasteiger partial charge in [0.1, 0.15) is 42.5 Å². The molecule has 12 heteroatoms. The highest BCUT2D eigenvalue weighted by atomic mass is 16.7. The molecule has 3 rings (SSSR count). The Morgan fingerprint density at radius 2 is 2.13 bits per heavy atom. The molecule has 1 fully saturated rings. The molecule has 0 spiro atoms. The van der Waals surface area contributed by atoms with E-state index in [1.807, 2.05) is 0 Å². The Morgan fingerprint density at radius 3 is 2.77 bits per heavy atom. The molecule has 39 heavy (non-hydrogen) atoms. The summed E-state index contributed by atoms with van der Waals surface area (Å²) in [5.74, 6) is 1.57. The quantitative estimate of drug-likeness (QED) is 0.107. The van der Waals surface area contributed by atoms with Gasteiger partial charge in [0.25, 0.3) is 0 Å². The molecule has 0 aliphatic carbocycles. The predicted molar refractivity (Wildman–Crippen MR) is 140 cm³/mol. The number of fused-ring (bicyclic) bond motifs is 1. The molecule has 0 radical (unpaired) electrons. The first-order valence-electron chi connectivity index (χ1n) is 12.0. The van der Waals surface area contributed by atoms with Crippen LogP contribution in [-0.4, -0.2) is 59.8 Å². The Kier molecular flexibility index (Phi) is 9.24. The van der Waals surface area contributed by atoms with Crippen molar-refractivity contribution in [2.75, 3.05) is 13.7 Å². The second-order valence-electron chi connectivity index (χ2n) is 9.19. The molecule has 4 unspecified atom stereocenters. The molecule has 5 atom stereocenters. The summed E-state index contributed by atoms with van der Waals surface area (Å²) in [7, 11) is 1.31. The smallest absolute Gasteiger partial charge is 0.431 e. The molecule has 1 saturated heterocycles. The minimum absolute atomic E-state index is 0.0642. The maximum Gasteiger partial charge on any atom is 0.431 e. The van der Waals surface area contributed by atoms with Gasteiger partial charge in [-0.1, -0.05) is 24.1 Å². The van der Waals surface area contributed by atoms with Crippen molar-refractivity contribution in [3.05, 3.63) is 46.3 Å². The number of hydrogen-bond acceptors (Lipinski definition) is 11. The van der Waals surface area contributed by atoms with Crippen LogP contribution in [-0.2, 0) is 19.1 Å². The van der Waals surface area contributed by atoms with Crippen LogP contribution in [0.4, 0.5) is 4.79 Å². The lowest BCUT2D eigenvalue weighted by Gasteiger charge is -2.48. The number of nitrogens with one attached hydrogen (secondary N) is 1. The summed E-state index contributed by atoms with van der Waals surface area (Å²) in [4.78, 5) is 34.4. The lowest BCUT2D eigenvalue weighted by Crippen LogP contribution is -2.62. The van der Waals surface area contributed by atoms with E-state index in [0.717, 1.165) is 0 Å². The van der Waals surface area contributed by atoms with Gasteiger partial charge in [-0.15, -0.1) is 13.0 Å². The number of aliphatic hydroxyl groups excluding tert-OH is 1. The summed E-state index contributed by atoms with van der Waals surface area (Å²) in [5, 5.41) is 25.8. The lowest BCUT2D eigenvalue weighted by atomic mass is 9.79. The number of aromatic hydroxyl groups is 1. The summed E-state index contributed by atoms with van der Waals surface area (Å²) >= 11 is 0. The van der Waals surface area contributed by atoms with Crippen molar-refractivity contribution < 1.29 is 43.3 Å². The van der Waals surface area contributed by atoms with Crippen LogP contribution in [0.2, 0.25) is 0 Å². The molecule has 1 aliphatic rings. The molecule has 1 amide bonds. The zero-order valence-corrected chi connectivity index (χ0v) is 22.3. The maximum atomic E-state index is 12.7. The van der Waals surface area contributed by atoms with Gasteiger partial charge in [-0.05, 0) is 39.3 Å². The Hall–Kier alpha value is -4.05. The van der Waals surface area contributed by atoms with Crippen LogP contribution in [0.5, 0.6) is 11.5 Å². The summed E-state index contributed by atoms with van der Waals surface area (Å²) in [6.45, 7) is 10.2. The average molecular weight is 545 g/mol. The van der Waals surface area contributed by atoms with Crippen molar-refractivity contribution in [1.29, 1.82) is 0 Å². The standard InChI is InChI=1S/C27H32N2O10/c1-8-12-27(6)15(4)23(38-26(33)29-35-13-9-2)21(31)25(39-27)36-18-11-10-17-20(30)19(16(5)28-34-7)24(32)37-22(17)14(18)3/h2,8,10-11,15,21,23,25,30-31H,1,12-13H2,3-7H3,(H,29,33)/b28-16+/t15?,21?,23?,25?,27-/m0/s1. The fourth-order valence-electron chi connectivity index (χ4n) is 4.43. The van der Waals surface area contributed by atoms with E-state index in [2.05, 4.69) is 23.1 Å². The molecule has 2 aromatic rings. The number of carbonyl (C=O) groups excluding carboxylic acids is 1. The van der Waals surface area contributed by atoms with Gasteiger partial charge < -0.3 is 33.7 Å². The average Bonchev–Trinajstić information content (AvgIpc) is 2.87. The normalized spacial score (nSPS) is 25.0. The molecule has 12 nitrogen and oxygen atoms in total. The van der Waals surface area contributed by atoms with Gasteiger partial charge in [0.2, 0.25) is 6.29 Å². The zero-order valence-electron chi connectivity index (χ0n) is 22.3. The number of hydroxylamine groups is 1. The summed E-state index contributed by atoms with van der Waals surface area (Å²) in [6.07, 6.45) is 2.33. The monoisotopic (exact) mass is 544 g/mol. The molecule has 2 heterocycles. The Balaban J connectivity index is 1.97. The minimum Gasteiger partial charge on any atom is -0.506 e. The molecule has 1 aromatic heterocycles. The molecule has 1 aliphatic heterocycles. The molecule has 1 aromatic carbocycles. The summed E-state index contributed by atoms with van der Waals surface area (Å²) in [6, 6.07) is 3.02. The number of terminal acetylenes is 1. The lowest BCUT2D eigenvalue weighted by molar-refractivity contribution is -0.289. The van der Waals surface area contributed by atoms with Gasteiger partial charge in [0.05, 0.1) is 16.7 Å². The number of benzene rings is 1. The fourth-order valence-corrected chi connectivity index (χ4v) is 4.43. The fraction of sp³-hybridized carbons (Fsp3) is 0.444. The van der Waals surface area contributed by atoms with Crippen LogP contribution in [0.3, 0.4) is 0 Å². The molecular weight excluding hydrogens is 512 g/mol. The number of aliphatic hydroxyl groups is 1. The Bertz CT molecular complexity index is 1360. The first-order chi connectivity index (χ1) is 18.5. The maximum absolute atomic E-state index is 12.7. The van der Waals surface area contributed by atoms with E-state index in [0.29, 0.717) is 12.0 Å². The van der Waals surface area contributed by atoms with Crippen molar-refractivity contribution >= 4 is 22.8 Å². The third-order valence-corrected chi connectivity index (χ3v) is 6.64. The molecular formula is C27H32N2O10. The van der Waals surface area contributed by atoms with Crippen LogP contribution in [0, 0.1) is 25.2 Å². The van der Waals surface area contributed by atoms with E-state index in [-0.39, 0.29) is 40.4 Å². The Labute approximate surface area is 225 Å². The zero-order chi connectivity index (χ0) is 28.9. The highest BCUT2D eigenvalue weighted by Crippen LogP contribution is 2.41. The molecule has 210 valence electrons. The van der Waals surface area contributed by atoms with E-state index in [9.17, 15) is 19.8 Å². The van der Waals surface area contributed by atoms with Gasteiger partial charge in [0, 0.05) is 11.5 Å². The first kappa shape index (κ1) is 29.5. The van der Waals surface area contributed by atoms with Crippen LogP contribution in [0.15, 0.2) is 39.2 Å². The van der Waals surface area contributed by atoms with Crippen molar-refractivity contribution in [3.8, 4) is 23.8 Å². The summed E-state index contributed by atoms with van der Waals surface area (Å²) in [5.41, 5.74) is 0.701. The number of oxime groups is 1. The highest BCUT2D eigenvalue weighted by Gasteiger charge is 2.52. The van der Waals surface area contributed by atoms with Gasteiger partial charge in [-0.2, -0.15) is 5.48 Å². The topological polar surface area (TPSA) is 158 Å². The van der Waals surface area contributed by atoms with Crippen molar-refractivity contribution in [2.45, 2.75) is 58.2 Å². The van der Waals surface area contributed by atoms with E-state index in [1.54, 1.807) is 26.8 Å². The number of nitrogens with zero attached hydrogens (tertiary/aromatic N) is 1. The largest absolute Gasteiger partial charge is 0.506 e. The van der Waals surface area contributed by atoms with Gasteiger partial charge in [-0.3, -0.25) is 4.84 Å². The second kappa shape index (κ2) is 12.2. The minimum atomic E-state index is -1.43. The summed E-state index contributed by atoms with van der Waals surface area (Å²) < 4.78 is 23.1. The Morgan fingerprint density at radius 1 is 1.41 bits per heavy atom. The van der Waals surface area contributed by atoms with Gasteiger partial charge in [0.15, 0.2) is 6.10 Å². The van der Waals surface area contributed by atoms with Crippen molar-refractivity contribution in [1.82, 2.24) is 5.48 Å². The third-order valence-electron chi connectivity index (χ3n) is 6.64. The number of aryl methyl sites for hydroxylation is 1. The highest BCUT2D eigenvalue weighted by molar-refractivity contribution is 6.04. The SMILES string of the molecule is C#CCONC(=O)OC1C(O)C(Oc2ccc3c(O)c(/C(C)=N/OC)c(=O)oc3c2C)O[C@@](C)(CC=C)C1C. The van der Waals surface area contributed by atoms with Crippen LogP contribution in [0.25, 0.3) is 11.0 Å². The number of ether oxygens (including phenoxy) is 3. The number of carbonyl (C=O) groups is 1. The van der Waals surface area contributed by atoms with E-state index in [1.165, 1.54) is 26.2 Å². The first-order valence-corrected chi connectivity index (χ1v) is 12.0. The van der Waals surface area contributed by atoms with E-state index >= 15 is 0 Å². The predicted octanol–water partition coefficient (Wildman–Crippen LogP) is 2.90. The molecule has 0 saturated carbocycles.